The predicted octanol–water partition coefficient (Wildman–Crippen LogP) is 2.64. The molecule has 1 unspecified atom stereocenters. The van der Waals surface area contributed by atoms with Crippen LogP contribution < -0.4 is 10.2 Å². The van der Waals surface area contributed by atoms with Crippen molar-refractivity contribution < 1.29 is 35.3 Å². The van der Waals surface area contributed by atoms with Gasteiger partial charge in [0.05, 0.1) is 12.0 Å². The first-order valence-corrected chi connectivity index (χ1v) is 10.2. The molecule has 0 bridgehead atoms. The van der Waals surface area contributed by atoms with E-state index >= 15 is 0 Å². The molecule has 1 aliphatic heterocycles. The zero-order chi connectivity index (χ0) is 21.3. The van der Waals surface area contributed by atoms with E-state index in [1.165, 1.54) is 13.0 Å². The average Bonchev–Trinajstić information content (AvgIpc) is 2.56. The maximum absolute atomic E-state index is 14.7. The lowest BCUT2D eigenvalue weighted by atomic mass is 9.92. The molecule has 156 valence electrons. The molecular weight excluding hydrogens is 425 g/mol. The molecule has 2 rings (SSSR count). The number of nitrogens with one attached hydrogen (secondary N) is 1. The van der Waals surface area contributed by atoms with Crippen molar-refractivity contribution in [2.45, 2.75) is 26.2 Å². The summed E-state index contributed by atoms with van der Waals surface area (Å²) in [5.41, 5.74) is 2.80. The lowest BCUT2D eigenvalue weighted by molar-refractivity contribution is -0.121. The first kappa shape index (κ1) is 22.4. The van der Waals surface area contributed by atoms with Crippen molar-refractivity contribution in [2.24, 2.45) is 11.0 Å². The number of alkyl halides is 2. The van der Waals surface area contributed by atoms with Gasteiger partial charge in [0.2, 0.25) is 5.91 Å². The zero-order valence-corrected chi connectivity index (χ0v) is 16.8. The van der Waals surface area contributed by atoms with Gasteiger partial charge < -0.3 is 4.74 Å². The summed E-state index contributed by atoms with van der Waals surface area (Å²) >= 11 is 5.96. The fraction of sp³-hybridized carbons (Fsp3) is 0.500. The second-order valence-electron chi connectivity index (χ2n) is 6.45. The van der Waals surface area contributed by atoms with Gasteiger partial charge in [0.15, 0.2) is 12.4 Å². The van der Waals surface area contributed by atoms with Crippen LogP contribution in [0.4, 0.5) is 13.2 Å². The number of carbonyl (C=O) groups excluding carboxylic acids is 1. The molecule has 0 aliphatic carbocycles. The van der Waals surface area contributed by atoms with Gasteiger partial charge in [-0.25, -0.2) is 18.6 Å². The van der Waals surface area contributed by atoms with Crippen LogP contribution in [0.1, 0.15) is 24.5 Å². The van der Waals surface area contributed by atoms with E-state index in [1.54, 1.807) is 6.92 Å². The van der Waals surface area contributed by atoms with Crippen molar-refractivity contribution in [1.82, 2.24) is 5.43 Å². The van der Waals surface area contributed by atoms with Gasteiger partial charge >= 0.3 is 5.92 Å². The molecule has 0 radical (unpaired) electrons. The van der Waals surface area contributed by atoms with Crippen LogP contribution in [0.25, 0.3) is 0 Å². The number of amides is 1. The molecule has 28 heavy (non-hydrogen) atoms. The number of hydrogen-bond acceptors (Lipinski definition) is 6. The first-order chi connectivity index (χ1) is 12.8. The largest absolute Gasteiger partial charge is 0.485 e. The van der Waals surface area contributed by atoms with Crippen molar-refractivity contribution in [3.05, 3.63) is 28.0 Å². The van der Waals surface area contributed by atoms with Gasteiger partial charge in [0, 0.05) is 17.9 Å². The topological polar surface area (TPSA) is 94.1 Å². The van der Waals surface area contributed by atoms with E-state index in [9.17, 15) is 26.4 Å². The van der Waals surface area contributed by atoms with Gasteiger partial charge in [-0.3, -0.25) is 8.98 Å². The summed E-state index contributed by atoms with van der Waals surface area (Å²) in [6.07, 6.45) is 0.746. The Hall–Kier alpha value is -1.85. The fourth-order valence-electron chi connectivity index (χ4n) is 2.49. The minimum absolute atomic E-state index is 0.0227. The van der Waals surface area contributed by atoms with E-state index in [1.807, 2.05) is 0 Å². The van der Waals surface area contributed by atoms with Crippen molar-refractivity contribution in [1.29, 1.82) is 0 Å². The molecule has 1 aliphatic rings. The molecule has 1 atom stereocenters. The molecule has 0 saturated carbocycles. The van der Waals surface area contributed by atoms with E-state index in [2.05, 4.69) is 14.7 Å². The van der Waals surface area contributed by atoms with Gasteiger partial charge in [-0.2, -0.15) is 13.5 Å². The Labute approximate surface area is 165 Å². The smallest absolute Gasteiger partial charge is 0.305 e. The summed E-state index contributed by atoms with van der Waals surface area (Å²) in [5, 5.41) is 3.33. The summed E-state index contributed by atoms with van der Waals surface area (Å²) in [6, 6.07) is 1.33. The third kappa shape index (κ3) is 5.58. The van der Waals surface area contributed by atoms with Crippen LogP contribution in [0.5, 0.6) is 5.75 Å². The summed E-state index contributed by atoms with van der Waals surface area (Å²) in [4.78, 5) is 11.3. The molecule has 0 aromatic heterocycles. The highest BCUT2D eigenvalue weighted by molar-refractivity contribution is 7.85. The quantitative estimate of drug-likeness (QED) is 0.655. The molecule has 1 aromatic carbocycles. The number of aryl methyl sites for hydroxylation is 1. The number of nitrogens with zero attached hydrogens (tertiary/aromatic N) is 1. The SMILES string of the molecule is Cc1cc(C2=NNC(=O)CC2C)c(F)c(Cl)c1OCC(F)(F)COS(C)(=O)=O. The van der Waals surface area contributed by atoms with Gasteiger partial charge in [0.25, 0.3) is 10.1 Å². The number of hydrogen-bond donors (Lipinski definition) is 1. The van der Waals surface area contributed by atoms with E-state index in [4.69, 9.17) is 16.3 Å². The third-order valence-electron chi connectivity index (χ3n) is 3.79. The van der Waals surface area contributed by atoms with E-state index in [0.717, 1.165) is 0 Å². The molecule has 1 aromatic rings. The Kier molecular flexibility index (Phi) is 6.62. The molecule has 0 saturated heterocycles. The van der Waals surface area contributed by atoms with Crippen LogP contribution in [-0.4, -0.2) is 45.4 Å². The molecule has 0 fully saturated rings. The molecule has 1 amide bonds. The second-order valence-corrected chi connectivity index (χ2v) is 8.47. The van der Waals surface area contributed by atoms with Crippen LogP contribution in [0.15, 0.2) is 11.2 Å². The normalized spacial score (nSPS) is 17.9. The van der Waals surface area contributed by atoms with Crippen molar-refractivity contribution in [3.63, 3.8) is 0 Å². The van der Waals surface area contributed by atoms with E-state index in [0.29, 0.717) is 6.26 Å². The number of halogens is 4. The standard InChI is InChI=1S/C16H18ClF3N2O5S/c1-8-5-11(23)21-22-14(8)10-4-9(2)15(12(17)13(10)18)26-6-16(19,20)7-27-28(3,24)25/h4,8H,5-7H2,1-3H3,(H,21,23). The second kappa shape index (κ2) is 8.26. The minimum Gasteiger partial charge on any atom is -0.485 e. The molecular formula is C16H18ClF3N2O5S. The number of ether oxygens (including phenoxy) is 1. The van der Waals surface area contributed by atoms with Gasteiger partial charge in [-0.1, -0.05) is 18.5 Å². The number of carbonyl (C=O) groups is 1. The monoisotopic (exact) mass is 442 g/mol. The summed E-state index contributed by atoms with van der Waals surface area (Å²) < 4.78 is 72.9. The highest BCUT2D eigenvalue weighted by Gasteiger charge is 2.34. The first-order valence-electron chi connectivity index (χ1n) is 8.01. The van der Waals surface area contributed by atoms with E-state index < -0.39 is 40.1 Å². The van der Waals surface area contributed by atoms with Gasteiger partial charge in [0.1, 0.15) is 17.4 Å². The summed E-state index contributed by atoms with van der Waals surface area (Å²) in [7, 11) is -4.06. The maximum atomic E-state index is 14.7. The Morgan fingerprint density at radius 3 is 2.61 bits per heavy atom. The van der Waals surface area contributed by atoms with Crippen LogP contribution in [0.2, 0.25) is 5.02 Å². The Balaban J connectivity index is 2.24. The Morgan fingerprint density at radius 2 is 2.04 bits per heavy atom. The third-order valence-corrected chi connectivity index (χ3v) is 4.68. The van der Waals surface area contributed by atoms with Crippen molar-refractivity contribution in [3.8, 4) is 5.75 Å². The minimum atomic E-state index is -4.06. The number of benzene rings is 1. The van der Waals surface area contributed by atoms with Crippen molar-refractivity contribution in [2.75, 3.05) is 19.5 Å². The fourth-order valence-corrected chi connectivity index (χ4v) is 3.18. The molecule has 0 spiro atoms. The average molecular weight is 443 g/mol. The summed E-state index contributed by atoms with van der Waals surface area (Å²) in [6.45, 7) is 0.473. The number of rotatable bonds is 7. The molecule has 1 N–H and O–H groups in total. The highest BCUT2D eigenvalue weighted by atomic mass is 35.5. The van der Waals surface area contributed by atoms with Crippen molar-refractivity contribution >= 4 is 33.3 Å². The van der Waals surface area contributed by atoms with Gasteiger partial charge in [-0.15, -0.1) is 0 Å². The summed E-state index contributed by atoms with van der Waals surface area (Å²) in [5.74, 6) is -5.57. The van der Waals surface area contributed by atoms with Crippen LogP contribution in [-0.2, 0) is 19.1 Å². The van der Waals surface area contributed by atoms with Crippen LogP contribution in [0, 0.1) is 18.7 Å². The molecule has 7 nitrogen and oxygen atoms in total. The Morgan fingerprint density at radius 1 is 1.39 bits per heavy atom. The Bertz CT molecular complexity index is 921. The lowest BCUT2D eigenvalue weighted by Crippen LogP contribution is -2.33. The lowest BCUT2D eigenvalue weighted by Gasteiger charge is -2.22. The predicted molar refractivity (Wildman–Crippen MR) is 95.8 cm³/mol. The zero-order valence-electron chi connectivity index (χ0n) is 15.2. The maximum Gasteiger partial charge on any atom is 0.305 e. The van der Waals surface area contributed by atoms with Crippen LogP contribution in [0.3, 0.4) is 0 Å². The van der Waals surface area contributed by atoms with E-state index in [-0.39, 0.29) is 40.8 Å². The molecule has 1 heterocycles. The molecule has 12 heteroatoms. The highest BCUT2D eigenvalue weighted by Crippen LogP contribution is 2.36. The van der Waals surface area contributed by atoms with Gasteiger partial charge in [-0.05, 0) is 18.6 Å². The number of hydrazone groups is 1. The van der Waals surface area contributed by atoms with Crippen LogP contribution >= 0.6 is 11.6 Å².